The van der Waals surface area contributed by atoms with E-state index in [1.807, 2.05) is 54.9 Å². The van der Waals surface area contributed by atoms with Crippen LogP contribution in [0.15, 0.2) is 67.3 Å². The molecule has 26 heavy (non-hydrogen) atoms. The molecular formula is C20H21N5O. The molecule has 1 fully saturated rings. The number of nitrogens with one attached hydrogen (secondary N) is 1. The lowest BCUT2D eigenvalue weighted by Crippen LogP contribution is -2.39. The van der Waals surface area contributed by atoms with Gasteiger partial charge in [0.05, 0.1) is 11.7 Å². The molecule has 1 N–H and O–H groups in total. The van der Waals surface area contributed by atoms with Gasteiger partial charge in [-0.15, -0.1) is 0 Å². The molecule has 4 rings (SSSR count). The number of anilines is 1. The third-order valence-electron chi connectivity index (χ3n) is 4.68. The lowest BCUT2D eigenvalue weighted by molar-refractivity contribution is -0.120. The van der Waals surface area contributed by atoms with Crippen LogP contribution in [0.3, 0.4) is 0 Å². The summed E-state index contributed by atoms with van der Waals surface area (Å²) in [6.07, 6.45) is 9.19. The Labute approximate surface area is 152 Å². The highest BCUT2D eigenvalue weighted by molar-refractivity contribution is 5.95. The van der Waals surface area contributed by atoms with E-state index < -0.39 is 0 Å². The summed E-state index contributed by atoms with van der Waals surface area (Å²) in [5, 5.41) is 7.25. The zero-order chi connectivity index (χ0) is 17.8. The van der Waals surface area contributed by atoms with Crippen molar-refractivity contribution in [3.05, 3.63) is 72.8 Å². The molecule has 2 aromatic heterocycles. The Hall–Kier alpha value is -2.99. The SMILES string of the molecule is O=C(Nc1ccc(-n2cccn2)cc1)[C@H]1CCCN1Cc1cccnc1. The maximum atomic E-state index is 12.7. The Morgan fingerprint density at radius 2 is 2.04 bits per heavy atom. The van der Waals surface area contributed by atoms with E-state index in [-0.39, 0.29) is 11.9 Å². The third-order valence-corrected chi connectivity index (χ3v) is 4.68. The normalized spacial score (nSPS) is 17.3. The van der Waals surface area contributed by atoms with Gasteiger partial charge < -0.3 is 5.32 Å². The largest absolute Gasteiger partial charge is 0.325 e. The van der Waals surface area contributed by atoms with Gasteiger partial charge in [0.2, 0.25) is 5.91 Å². The Balaban J connectivity index is 1.40. The summed E-state index contributed by atoms with van der Waals surface area (Å²) >= 11 is 0. The molecule has 6 heteroatoms. The van der Waals surface area contributed by atoms with Gasteiger partial charge in [-0.05, 0) is 61.3 Å². The van der Waals surface area contributed by atoms with Crippen molar-refractivity contribution >= 4 is 11.6 Å². The van der Waals surface area contributed by atoms with Crippen molar-refractivity contribution in [3.63, 3.8) is 0 Å². The number of benzene rings is 1. The number of nitrogens with zero attached hydrogens (tertiary/aromatic N) is 4. The summed E-state index contributed by atoms with van der Waals surface area (Å²) in [6.45, 7) is 1.69. The highest BCUT2D eigenvalue weighted by atomic mass is 16.2. The minimum atomic E-state index is -0.0963. The molecule has 1 atom stereocenters. The summed E-state index contributed by atoms with van der Waals surface area (Å²) < 4.78 is 1.79. The number of amides is 1. The average Bonchev–Trinajstić information content (AvgIpc) is 3.35. The van der Waals surface area contributed by atoms with Gasteiger partial charge in [0.15, 0.2) is 0 Å². The first-order valence-electron chi connectivity index (χ1n) is 8.83. The fourth-order valence-electron chi connectivity index (χ4n) is 3.38. The summed E-state index contributed by atoms with van der Waals surface area (Å²) in [5.74, 6) is 0.0539. The van der Waals surface area contributed by atoms with Crippen LogP contribution in [0.4, 0.5) is 5.69 Å². The summed E-state index contributed by atoms with van der Waals surface area (Å²) in [5.41, 5.74) is 2.90. The zero-order valence-electron chi connectivity index (χ0n) is 14.5. The van der Waals surface area contributed by atoms with E-state index in [4.69, 9.17) is 0 Å². The number of likely N-dealkylation sites (tertiary alicyclic amines) is 1. The quantitative estimate of drug-likeness (QED) is 0.771. The molecule has 132 valence electrons. The molecule has 0 saturated carbocycles. The van der Waals surface area contributed by atoms with Crippen molar-refractivity contribution in [1.82, 2.24) is 19.7 Å². The molecule has 3 heterocycles. The minimum Gasteiger partial charge on any atom is -0.325 e. The Kier molecular flexibility index (Phi) is 4.75. The van der Waals surface area contributed by atoms with Crippen molar-refractivity contribution in [2.45, 2.75) is 25.4 Å². The lowest BCUT2D eigenvalue weighted by Gasteiger charge is -2.23. The Bertz CT molecular complexity index is 846. The van der Waals surface area contributed by atoms with Crippen molar-refractivity contribution in [3.8, 4) is 5.69 Å². The zero-order valence-corrected chi connectivity index (χ0v) is 14.5. The molecule has 6 nitrogen and oxygen atoms in total. The van der Waals surface area contributed by atoms with Gasteiger partial charge in [0, 0.05) is 37.0 Å². The van der Waals surface area contributed by atoms with Crippen LogP contribution >= 0.6 is 0 Å². The van der Waals surface area contributed by atoms with Gasteiger partial charge in [-0.2, -0.15) is 5.10 Å². The molecule has 1 aromatic carbocycles. The molecular weight excluding hydrogens is 326 g/mol. The van der Waals surface area contributed by atoms with Gasteiger partial charge in [-0.25, -0.2) is 4.68 Å². The maximum absolute atomic E-state index is 12.7. The van der Waals surface area contributed by atoms with Crippen LogP contribution in [-0.4, -0.2) is 38.2 Å². The van der Waals surface area contributed by atoms with Crippen molar-refractivity contribution in [2.75, 3.05) is 11.9 Å². The summed E-state index contributed by atoms with van der Waals surface area (Å²) in [4.78, 5) is 19.1. The molecule has 0 radical (unpaired) electrons. The van der Waals surface area contributed by atoms with E-state index in [0.29, 0.717) is 0 Å². The number of carbonyl (C=O) groups excluding carboxylic acids is 1. The van der Waals surface area contributed by atoms with Crippen molar-refractivity contribution in [1.29, 1.82) is 0 Å². The number of aromatic nitrogens is 3. The van der Waals surface area contributed by atoms with Gasteiger partial charge in [-0.3, -0.25) is 14.7 Å². The second-order valence-corrected chi connectivity index (χ2v) is 6.48. The average molecular weight is 347 g/mol. The molecule has 1 aliphatic rings. The van der Waals surface area contributed by atoms with E-state index in [9.17, 15) is 4.79 Å². The fourth-order valence-corrected chi connectivity index (χ4v) is 3.38. The molecule has 0 aliphatic carbocycles. The first-order chi connectivity index (χ1) is 12.8. The van der Waals surface area contributed by atoms with E-state index in [2.05, 4.69) is 20.3 Å². The first-order valence-corrected chi connectivity index (χ1v) is 8.83. The Morgan fingerprint density at radius 3 is 2.77 bits per heavy atom. The molecule has 0 bridgehead atoms. The van der Waals surface area contributed by atoms with E-state index in [1.54, 1.807) is 17.1 Å². The second-order valence-electron chi connectivity index (χ2n) is 6.48. The molecule has 0 unspecified atom stereocenters. The van der Waals surface area contributed by atoms with Crippen molar-refractivity contribution in [2.24, 2.45) is 0 Å². The van der Waals surface area contributed by atoms with Crippen LogP contribution in [0.2, 0.25) is 0 Å². The number of rotatable bonds is 5. The van der Waals surface area contributed by atoms with Gasteiger partial charge in [-0.1, -0.05) is 6.07 Å². The second kappa shape index (κ2) is 7.49. The number of hydrogen-bond acceptors (Lipinski definition) is 4. The van der Waals surface area contributed by atoms with Crippen LogP contribution in [0.5, 0.6) is 0 Å². The standard InChI is InChI=1S/C20H21N5O/c26-20(19-5-2-12-24(19)15-16-4-1-10-21-14-16)23-17-6-8-18(9-7-17)25-13-3-11-22-25/h1,3-4,6-11,13-14,19H,2,5,12,15H2,(H,23,26)/t19-/m1/s1. The van der Waals surface area contributed by atoms with Crippen LogP contribution < -0.4 is 5.32 Å². The highest BCUT2D eigenvalue weighted by Gasteiger charge is 2.30. The lowest BCUT2D eigenvalue weighted by atomic mass is 10.2. The maximum Gasteiger partial charge on any atom is 0.241 e. The molecule has 1 amide bonds. The molecule has 3 aromatic rings. The van der Waals surface area contributed by atoms with Gasteiger partial charge >= 0.3 is 0 Å². The monoisotopic (exact) mass is 347 g/mol. The topological polar surface area (TPSA) is 63.1 Å². The van der Waals surface area contributed by atoms with Crippen LogP contribution in [-0.2, 0) is 11.3 Å². The molecule has 1 saturated heterocycles. The molecule has 1 aliphatic heterocycles. The van der Waals surface area contributed by atoms with Crippen molar-refractivity contribution < 1.29 is 4.79 Å². The minimum absolute atomic E-state index is 0.0539. The van der Waals surface area contributed by atoms with E-state index in [1.165, 1.54) is 0 Å². The van der Waals surface area contributed by atoms with Crippen LogP contribution in [0.1, 0.15) is 18.4 Å². The van der Waals surface area contributed by atoms with E-state index >= 15 is 0 Å². The fraction of sp³-hybridized carbons (Fsp3) is 0.250. The Morgan fingerprint density at radius 1 is 1.15 bits per heavy atom. The van der Waals surface area contributed by atoms with Gasteiger partial charge in [0.25, 0.3) is 0 Å². The third kappa shape index (κ3) is 3.65. The van der Waals surface area contributed by atoms with Crippen LogP contribution in [0.25, 0.3) is 5.69 Å². The van der Waals surface area contributed by atoms with Crippen LogP contribution in [0, 0.1) is 0 Å². The predicted molar refractivity (Wildman–Crippen MR) is 99.9 cm³/mol. The first kappa shape index (κ1) is 16.5. The number of hydrogen-bond donors (Lipinski definition) is 1. The number of pyridine rings is 1. The predicted octanol–water partition coefficient (Wildman–Crippen LogP) is 2.87. The smallest absolute Gasteiger partial charge is 0.241 e. The van der Waals surface area contributed by atoms with Gasteiger partial charge in [0.1, 0.15) is 0 Å². The highest BCUT2D eigenvalue weighted by Crippen LogP contribution is 2.22. The molecule has 0 spiro atoms. The summed E-state index contributed by atoms with van der Waals surface area (Å²) in [7, 11) is 0. The number of carbonyl (C=O) groups is 1. The summed E-state index contributed by atoms with van der Waals surface area (Å²) in [6, 6.07) is 13.5. The van der Waals surface area contributed by atoms with E-state index in [0.717, 1.165) is 42.9 Å².